The third-order valence-electron chi connectivity index (χ3n) is 4.65. The second-order valence-electron chi connectivity index (χ2n) is 7.09. The van der Waals surface area contributed by atoms with Crippen molar-refractivity contribution in [3.05, 3.63) is 87.3 Å². The normalized spacial score (nSPS) is 11.7. The van der Waals surface area contributed by atoms with Crippen LogP contribution in [0.25, 0.3) is 0 Å². The number of nitrogens with one attached hydrogen (secondary N) is 1. The number of alkyl halides is 3. The Labute approximate surface area is 184 Å². The SMILES string of the molecule is Cc1cc(NC(=O)c2cc(Cn3ccc(C(F)(F)F)n3)cs2)nn1Cc1ccccc1F. The van der Waals surface area contributed by atoms with Crippen LogP contribution in [0.2, 0.25) is 0 Å². The zero-order valence-corrected chi connectivity index (χ0v) is 17.5. The summed E-state index contributed by atoms with van der Waals surface area (Å²) in [6.45, 7) is 2.13. The van der Waals surface area contributed by atoms with Crippen molar-refractivity contribution >= 4 is 23.1 Å². The van der Waals surface area contributed by atoms with Crippen LogP contribution >= 0.6 is 11.3 Å². The van der Waals surface area contributed by atoms with Gasteiger partial charge in [-0.1, -0.05) is 18.2 Å². The number of aromatic nitrogens is 4. The summed E-state index contributed by atoms with van der Waals surface area (Å²) in [4.78, 5) is 12.9. The largest absolute Gasteiger partial charge is 0.435 e. The molecule has 3 aromatic heterocycles. The molecule has 32 heavy (non-hydrogen) atoms. The molecule has 4 aromatic rings. The number of halogens is 4. The van der Waals surface area contributed by atoms with Crippen molar-refractivity contribution in [2.45, 2.75) is 26.2 Å². The predicted molar refractivity (Wildman–Crippen MR) is 111 cm³/mol. The molecule has 0 aliphatic rings. The van der Waals surface area contributed by atoms with E-state index < -0.39 is 17.8 Å². The summed E-state index contributed by atoms with van der Waals surface area (Å²) in [6.07, 6.45) is -3.26. The molecule has 0 saturated heterocycles. The molecule has 0 atom stereocenters. The quantitative estimate of drug-likeness (QED) is 0.411. The molecule has 0 saturated carbocycles. The summed E-state index contributed by atoms with van der Waals surface area (Å²) in [5.74, 6) is -0.410. The van der Waals surface area contributed by atoms with Crippen LogP contribution in [0.3, 0.4) is 0 Å². The van der Waals surface area contributed by atoms with Crippen LogP contribution in [-0.4, -0.2) is 25.5 Å². The van der Waals surface area contributed by atoms with Crippen LogP contribution in [0.15, 0.2) is 54.0 Å². The van der Waals surface area contributed by atoms with Gasteiger partial charge < -0.3 is 5.32 Å². The van der Waals surface area contributed by atoms with E-state index in [4.69, 9.17) is 0 Å². The Balaban J connectivity index is 1.41. The molecule has 0 fully saturated rings. The van der Waals surface area contributed by atoms with Crippen molar-refractivity contribution in [2.75, 3.05) is 5.32 Å². The van der Waals surface area contributed by atoms with Gasteiger partial charge in [0.15, 0.2) is 11.5 Å². The molecule has 11 heteroatoms. The van der Waals surface area contributed by atoms with Crippen molar-refractivity contribution in [1.82, 2.24) is 19.6 Å². The van der Waals surface area contributed by atoms with E-state index in [1.807, 2.05) is 0 Å². The van der Waals surface area contributed by atoms with E-state index in [-0.39, 0.29) is 18.9 Å². The second kappa shape index (κ2) is 8.58. The molecule has 0 bridgehead atoms. The summed E-state index contributed by atoms with van der Waals surface area (Å²) >= 11 is 1.16. The third kappa shape index (κ3) is 4.88. The monoisotopic (exact) mass is 463 g/mol. The lowest BCUT2D eigenvalue weighted by molar-refractivity contribution is -0.141. The molecule has 166 valence electrons. The van der Waals surface area contributed by atoms with Gasteiger partial charge in [0.05, 0.1) is 18.0 Å². The number of carbonyl (C=O) groups excluding carboxylic acids is 1. The second-order valence-corrected chi connectivity index (χ2v) is 8.00. The Morgan fingerprint density at radius 2 is 1.91 bits per heavy atom. The summed E-state index contributed by atoms with van der Waals surface area (Å²) in [7, 11) is 0. The fraction of sp³-hybridized carbons (Fsp3) is 0.190. The average molecular weight is 463 g/mol. The van der Waals surface area contributed by atoms with Crippen molar-refractivity contribution in [1.29, 1.82) is 0 Å². The Kier molecular flexibility index (Phi) is 5.83. The summed E-state index contributed by atoms with van der Waals surface area (Å²) in [5.41, 5.74) is 0.909. The van der Waals surface area contributed by atoms with Gasteiger partial charge in [0.25, 0.3) is 5.91 Å². The highest BCUT2D eigenvalue weighted by atomic mass is 32.1. The molecule has 1 aromatic carbocycles. The first-order chi connectivity index (χ1) is 15.2. The predicted octanol–water partition coefficient (Wildman–Crippen LogP) is 4.96. The number of amides is 1. The minimum Gasteiger partial charge on any atom is -0.304 e. The van der Waals surface area contributed by atoms with Gasteiger partial charge in [-0.15, -0.1) is 11.3 Å². The zero-order chi connectivity index (χ0) is 22.9. The number of carbonyl (C=O) groups is 1. The van der Waals surface area contributed by atoms with Crippen LogP contribution in [0.5, 0.6) is 0 Å². The maximum absolute atomic E-state index is 13.9. The maximum atomic E-state index is 13.9. The lowest BCUT2D eigenvalue weighted by Crippen LogP contribution is -2.12. The highest BCUT2D eigenvalue weighted by molar-refractivity contribution is 7.12. The van der Waals surface area contributed by atoms with E-state index in [2.05, 4.69) is 15.5 Å². The molecule has 1 amide bonds. The number of anilines is 1. The number of thiophene rings is 1. The Morgan fingerprint density at radius 3 is 2.62 bits per heavy atom. The van der Waals surface area contributed by atoms with Crippen LogP contribution < -0.4 is 5.32 Å². The third-order valence-corrected chi connectivity index (χ3v) is 5.63. The average Bonchev–Trinajstić information content (AvgIpc) is 3.45. The van der Waals surface area contributed by atoms with Gasteiger partial charge in [-0.25, -0.2) is 4.39 Å². The van der Waals surface area contributed by atoms with Gasteiger partial charge in [0.1, 0.15) is 5.82 Å². The maximum Gasteiger partial charge on any atom is 0.435 e. The van der Waals surface area contributed by atoms with Crippen molar-refractivity contribution in [3.8, 4) is 0 Å². The van der Waals surface area contributed by atoms with E-state index in [1.165, 1.54) is 16.9 Å². The molecule has 3 heterocycles. The molecular formula is C21H17F4N5OS. The Hall–Kier alpha value is -3.47. The summed E-state index contributed by atoms with van der Waals surface area (Å²) in [5, 5.41) is 12.2. The van der Waals surface area contributed by atoms with Gasteiger partial charge in [-0.05, 0) is 36.1 Å². The Bertz CT molecular complexity index is 1260. The van der Waals surface area contributed by atoms with Gasteiger partial charge >= 0.3 is 6.18 Å². The molecule has 0 unspecified atom stereocenters. The number of hydrogen-bond acceptors (Lipinski definition) is 4. The van der Waals surface area contributed by atoms with Crippen molar-refractivity contribution in [3.63, 3.8) is 0 Å². The zero-order valence-electron chi connectivity index (χ0n) is 16.7. The number of nitrogens with zero attached hydrogens (tertiary/aromatic N) is 4. The number of aryl methyl sites for hydroxylation is 1. The van der Waals surface area contributed by atoms with Crippen LogP contribution in [-0.2, 0) is 19.3 Å². The lowest BCUT2D eigenvalue weighted by Gasteiger charge is -2.05. The molecule has 0 aliphatic carbocycles. The van der Waals surface area contributed by atoms with Gasteiger partial charge in [-0.2, -0.15) is 23.4 Å². The minimum absolute atomic E-state index is 0.107. The molecule has 4 rings (SSSR count). The van der Waals surface area contributed by atoms with Crippen LogP contribution in [0, 0.1) is 12.7 Å². The fourth-order valence-electron chi connectivity index (χ4n) is 3.06. The van der Waals surface area contributed by atoms with Gasteiger partial charge in [-0.3, -0.25) is 14.2 Å². The molecular weight excluding hydrogens is 446 g/mol. The van der Waals surface area contributed by atoms with Gasteiger partial charge in [0.2, 0.25) is 0 Å². The van der Waals surface area contributed by atoms with E-state index in [0.29, 0.717) is 21.8 Å². The highest BCUT2D eigenvalue weighted by Gasteiger charge is 2.33. The van der Waals surface area contributed by atoms with E-state index in [1.54, 1.807) is 47.3 Å². The first-order valence-corrected chi connectivity index (χ1v) is 10.3. The smallest absolute Gasteiger partial charge is 0.304 e. The van der Waals surface area contributed by atoms with E-state index in [9.17, 15) is 22.4 Å². The topological polar surface area (TPSA) is 64.7 Å². The highest BCUT2D eigenvalue weighted by Crippen LogP contribution is 2.27. The van der Waals surface area contributed by atoms with E-state index in [0.717, 1.165) is 23.1 Å². The summed E-state index contributed by atoms with van der Waals surface area (Å²) < 4.78 is 54.7. The molecule has 6 nitrogen and oxygen atoms in total. The first kappa shape index (κ1) is 21.8. The molecule has 0 spiro atoms. The number of hydrogen-bond donors (Lipinski definition) is 1. The number of benzene rings is 1. The standard InChI is InChI=1S/C21H17F4N5OS/c1-13-8-19(28-30(13)11-15-4-2-3-5-16(15)22)26-20(31)17-9-14(12-32-17)10-29-7-6-18(27-29)21(23,24)25/h2-9,12H,10-11H2,1H3,(H,26,28,31). The lowest BCUT2D eigenvalue weighted by atomic mass is 10.2. The van der Waals surface area contributed by atoms with Gasteiger partial charge in [0, 0.05) is 23.5 Å². The molecule has 0 radical (unpaired) electrons. The molecule has 1 N–H and O–H groups in total. The van der Waals surface area contributed by atoms with Crippen LogP contribution in [0.4, 0.5) is 23.4 Å². The first-order valence-electron chi connectivity index (χ1n) is 9.46. The van der Waals surface area contributed by atoms with Crippen molar-refractivity contribution in [2.24, 2.45) is 0 Å². The molecule has 0 aliphatic heterocycles. The Morgan fingerprint density at radius 1 is 1.12 bits per heavy atom. The summed E-state index contributed by atoms with van der Waals surface area (Å²) in [6, 6.07) is 10.6. The van der Waals surface area contributed by atoms with Crippen molar-refractivity contribution < 1.29 is 22.4 Å². The van der Waals surface area contributed by atoms with Crippen LogP contribution in [0.1, 0.15) is 32.2 Å². The number of rotatable bonds is 6. The van der Waals surface area contributed by atoms with E-state index >= 15 is 0 Å². The minimum atomic E-state index is -4.50. The fourth-order valence-corrected chi connectivity index (χ4v) is 3.86.